The van der Waals surface area contributed by atoms with Crippen molar-refractivity contribution < 1.29 is 15.0 Å². The van der Waals surface area contributed by atoms with Crippen LogP contribution in [0.2, 0.25) is 0 Å². The monoisotopic (exact) mass is 292 g/mol. The van der Waals surface area contributed by atoms with E-state index in [-0.39, 0.29) is 24.5 Å². The van der Waals surface area contributed by atoms with E-state index in [2.05, 4.69) is 10.3 Å². The zero-order chi connectivity index (χ0) is 14.1. The lowest BCUT2D eigenvalue weighted by molar-refractivity contribution is 0.0903. The average molecular weight is 292 g/mol. The summed E-state index contributed by atoms with van der Waals surface area (Å²) in [5.74, 6) is -0.349. The van der Waals surface area contributed by atoms with Crippen LogP contribution in [0.25, 0.3) is 10.2 Å². The molecule has 0 radical (unpaired) electrons. The number of thiazole rings is 1. The van der Waals surface area contributed by atoms with Crippen molar-refractivity contribution in [3.63, 3.8) is 0 Å². The summed E-state index contributed by atoms with van der Waals surface area (Å²) in [6, 6.07) is 7.53. The maximum atomic E-state index is 12.2. The molecule has 1 aromatic heterocycles. The zero-order valence-electron chi connectivity index (χ0n) is 10.8. The van der Waals surface area contributed by atoms with Crippen LogP contribution >= 0.6 is 11.3 Å². The van der Waals surface area contributed by atoms with Gasteiger partial charge in [-0.2, -0.15) is 0 Å². The molecule has 0 spiro atoms. The van der Waals surface area contributed by atoms with Gasteiger partial charge in [0, 0.05) is 18.6 Å². The molecule has 3 rings (SSSR count). The van der Waals surface area contributed by atoms with Crippen LogP contribution in [-0.4, -0.2) is 39.9 Å². The Hall–Kier alpha value is -1.50. The number of amides is 1. The molecule has 1 saturated carbocycles. The van der Waals surface area contributed by atoms with Crippen molar-refractivity contribution >= 4 is 27.5 Å². The van der Waals surface area contributed by atoms with Crippen LogP contribution < -0.4 is 5.32 Å². The molecule has 3 atom stereocenters. The predicted molar refractivity (Wildman–Crippen MR) is 76.7 cm³/mol. The summed E-state index contributed by atoms with van der Waals surface area (Å²) < 4.78 is 0.984. The van der Waals surface area contributed by atoms with Crippen LogP contribution in [0.4, 0.5) is 0 Å². The number of fused-ring (bicyclic) bond motifs is 1. The number of benzene rings is 1. The normalized spacial score (nSPS) is 26.0. The number of hydrogen-bond donors (Lipinski definition) is 3. The van der Waals surface area contributed by atoms with Gasteiger partial charge >= 0.3 is 0 Å². The Balaban J connectivity index is 1.70. The molecule has 6 heteroatoms. The molecule has 1 amide bonds. The van der Waals surface area contributed by atoms with E-state index in [1.807, 2.05) is 24.3 Å². The van der Waals surface area contributed by atoms with Crippen LogP contribution in [0.1, 0.15) is 22.6 Å². The highest BCUT2D eigenvalue weighted by Gasteiger charge is 2.33. The first-order valence-electron chi connectivity index (χ1n) is 6.62. The molecule has 1 aromatic carbocycles. The number of nitrogens with zero attached hydrogens (tertiary/aromatic N) is 1. The van der Waals surface area contributed by atoms with E-state index in [9.17, 15) is 9.90 Å². The number of carbonyl (C=O) groups is 1. The second-order valence-corrected chi connectivity index (χ2v) is 6.17. The fourth-order valence-electron chi connectivity index (χ4n) is 2.63. The highest BCUT2D eigenvalue weighted by Crippen LogP contribution is 2.27. The third kappa shape index (κ3) is 2.54. The molecule has 1 aliphatic carbocycles. The van der Waals surface area contributed by atoms with E-state index < -0.39 is 6.10 Å². The van der Waals surface area contributed by atoms with Crippen LogP contribution in [-0.2, 0) is 0 Å². The second kappa shape index (κ2) is 5.47. The fourth-order valence-corrected chi connectivity index (χ4v) is 3.50. The van der Waals surface area contributed by atoms with Crippen molar-refractivity contribution in [3.8, 4) is 0 Å². The molecule has 0 saturated heterocycles. The van der Waals surface area contributed by atoms with Crippen LogP contribution in [0.15, 0.2) is 24.3 Å². The van der Waals surface area contributed by atoms with Gasteiger partial charge in [-0.3, -0.25) is 4.79 Å². The fraction of sp³-hybridized carbons (Fsp3) is 0.429. The second-order valence-electron chi connectivity index (χ2n) is 5.14. The van der Waals surface area contributed by atoms with Crippen molar-refractivity contribution in [2.24, 2.45) is 5.92 Å². The number of aliphatic hydroxyl groups is 2. The molecule has 3 N–H and O–H groups in total. The van der Waals surface area contributed by atoms with Crippen molar-refractivity contribution in [1.82, 2.24) is 10.3 Å². The van der Waals surface area contributed by atoms with Gasteiger partial charge in [-0.05, 0) is 25.0 Å². The first-order valence-corrected chi connectivity index (χ1v) is 7.44. The molecule has 0 bridgehead atoms. The van der Waals surface area contributed by atoms with E-state index in [1.54, 1.807) is 0 Å². The summed E-state index contributed by atoms with van der Waals surface area (Å²) in [5, 5.41) is 22.2. The minimum Gasteiger partial charge on any atom is -0.396 e. The Kier molecular flexibility index (Phi) is 3.69. The Morgan fingerprint density at radius 2 is 2.20 bits per heavy atom. The zero-order valence-corrected chi connectivity index (χ0v) is 11.6. The molecular weight excluding hydrogens is 276 g/mol. The van der Waals surface area contributed by atoms with Gasteiger partial charge in [0.15, 0.2) is 5.01 Å². The molecular formula is C14H16N2O3S. The largest absolute Gasteiger partial charge is 0.396 e. The number of nitrogens with one attached hydrogen (secondary N) is 1. The Bertz CT molecular complexity index is 595. The van der Waals surface area contributed by atoms with Crippen LogP contribution in [0.5, 0.6) is 0 Å². The van der Waals surface area contributed by atoms with Gasteiger partial charge < -0.3 is 15.5 Å². The lowest BCUT2D eigenvalue weighted by Gasteiger charge is -2.10. The smallest absolute Gasteiger partial charge is 0.280 e. The summed E-state index contributed by atoms with van der Waals surface area (Å²) in [4.78, 5) is 16.5. The van der Waals surface area contributed by atoms with Gasteiger partial charge in [0.1, 0.15) is 0 Å². The van der Waals surface area contributed by atoms with Gasteiger partial charge in [-0.15, -0.1) is 11.3 Å². The number of carbonyl (C=O) groups excluding carboxylic acids is 1. The first-order chi connectivity index (χ1) is 9.67. The van der Waals surface area contributed by atoms with Crippen molar-refractivity contribution in [2.75, 3.05) is 6.61 Å². The SMILES string of the molecule is O=C(N[C@H]1C[C@@H](CO)[C@H](O)C1)c1nc2ccccc2s1. The third-order valence-corrected chi connectivity index (χ3v) is 4.75. The van der Waals surface area contributed by atoms with Crippen LogP contribution in [0, 0.1) is 5.92 Å². The van der Waals surface area contributed by atoms with E-state index in [4.69, 9.17) is 5.11 Å². The highest BCUT2D eigenvalue weighted by molar-refractivity contribution is 7.20. The number of aromatic nitrogens is 1. The predicted octanol–water partition coefficient (Wildman–Crippen LogP) is 1.16. The number of para-hydroxylation sites is 1. The van der Waals surface area contributed by atoms with Crippen molar-refractivity contribution in [1.29, 1.82) is 0 Å². The van der Waals surface area contributed by atoms with Gasteiger partial charge in [0.05, 0.1) is 16.3 Å². The first kappa shape index (κ1) is 13.5. The van der Waals surface area contributed by atoms with Gasteiger partial charge in [-0.25, -0.2) is 4.98 Å². The van der Waals surface area contributed by atoms with Gasteiger partial charge in [-0.1, -0.05) is 12.1 Å². The standard InChI is InChI=1S/C14H16N2O3S/c17-7-8-5-9(6-11(8)18)15-13(19)14-16-10-3-1-2-4-12(10)20-14/h1-4,8-9,11,17-18H,5-7H2,(H,15,19)/t8-,9-,11+/m0/s1. The summed E-state index contributed by atoms with van der Waals surface area (Å²) in [7, 11) is 0. The molecule has 0 unspecified atom stereocenters. The van der Waals surface area contributed by atoms with Crippen molar-refractivity contribution in [3.05, 3.63) is 29.3 Å². The number of hydrogen-bond acceptors (Lipinski definition) is 5. The Morgan fingerprint density at radius 3 is 2.90 bits per heavy atom. The summed E-state index contributed by atoms with van der Waals surface area (Å²) >= 11 is 1.36. The quantitative estimate of drug-likeness (QED) is 0.793. The lowest BCUT2D eigenvalue weighted by atomic mass is 10.1. The average Bonchev–Trinajstić information content (AvgIpc) is 3.01. The lowest BCUT2D eigenvalue weighted by Crippen LogP contribution is -2.33. The van der Waals surface area contributed by atoms with E-state index in [0.29, 0.717) is 17.8 Å². The van der Waals surface area contributed by atoms with E-state index >= 15 is 0 Å². The minimum absolute atomic E-state index is 0.0469. The molecule has 1 fully saturated rings. The molecule has 1 aliphatic rings. The molecule has 5 nitrogen and oxygen atoms in total. The number of aliphatic hydroxyl groups excluding tert-OH is 2. The van der Waals surface area contributed by atoms with E-state index in [1.165, 1.54) is 11.3 Å². The molecule has 2 aromatic rings. The topological polar surface area (TPSA) is 82.5 Å². The minimum atomic E-state index is -0.541. The third-order valence-electron chi connectivity index (χ3n) is 3.72. The van der Waals surface area contributed by atoms with E-state index in [0.717, 1.165) is 10.2 Å². The summed E-state index contributed by atoms with van der Waals surface area (Å²) in [6.07, 6.45) is 0.552. The maximum absolute atomic E-state index is 12.2. The van der Waals surface area contributed by atoms with Crippen LogP contribution in [0.3, 0.4) is 0 Å². The highest BCUT2D eigenvalue weighted by atomic mass is 32.1. The Labute approximate surface area is 120 Å². The number of rotatable bonds is 3. The summed E-state index contributed by atoms with van der Waals surface area (Å²) in [6.45, 7) is -0.0469. The molecule has 20 heavy (non-hydrogen) atoms. The van der Waals surface area contributed by atoms with Gasteiger partial charge in [0.25, 0.3) is 5.91 Å². The summed E-state index contributed by atoms with van der Waals surface area (Å²) in [5.41, 5.74) is 0.822. The maximum Gasteiger partial charge on any atom is 0.280 e. The van der Waals surface area contributed by atoms with Gasteiger partial charge in [0.2, 0.25) is 0 Å². The molecule has 0 aliphatic heterocycles. The molecule has 1 heterocycles. The Morgan fingerprint density at radius 1 is 1.40 bits per heavy atom. The molecule has 106 valence electrons. The van der Waals surface area contributed by atoms with Crippen molar-refractivity contribution in [2.45, 2.75) is 25.0 Å².